The number of thioether (sulfide) groups is 1. The lowest BCUT2D eigenvalue weighted by molar-refractivity contribution is -0.115. The highest BCUT2D eigenvalue weighted by Gasteiger charge is 2.15. The standard InChI is InChI=1S/C18H17N3O4S2/c1-2-11-20-27(24,25)14-9-7-13(8-10-14)18(23)21-15-5-3-4-6-16(15)26-12-17(19)22/h1,3-10,20H,11-12H2,(H2,19,22)(H,21,23). The molecule has 2 rings (SSSR count). The third-order valence-electron chi connectivity index (χ3n) is 3.30. The van der Waals surface area contributed by atoms with Crippen molar-refractivity contribution in [2.45, 2.75) is 9.79 Å². The van der Waals surface area contributed by atoms with Crippen molar-refractivity contribution in [2.24, 2.45) is 5.73 Å². The van der Waals surface area contributed by atoms with Crippen LogP contribution in [0.25, 0.3) is 0 Å². The molecule has 0 saturated heterocycles. The van der Waals surface area contributed by atoms with Crippen LogP contribution < -0.4 is 15.8 Å². The Bertz CT molecular complexity index is 980. The van der Waals surface area contributed by atoms with Gasteiger partial charge in [0.05, 0.1) is 22.9 Å². The van der Waals surface area contributed by atoms with E-state index < -0.39 is 21.8 Å². The number of hydrogen-bond acceptors (Lipinski definition) is 5. The Labute approximate surface area is 161 Å². The molecule has 27 heavy (non-hydrogen) atoms. The number of nitrogens with one attached hydrogen (secondary N) is 2. The van der Waals surface area contributed by atoms with Crippen molar-refractivity contribution >= 4 is 39.3 Å². The van der Waals surface area contributed by atoms with E-state index in [2.05, 4.69) is 16.0 Å². The number of benzene rings is 2. The van der Waals surface area contributed by atoms with Gasteiger partial charge in [0.15, 0.2) is 0 Å². The summed E-state index contributed by atoms with van der Waals surface area (Å²) in [4.78, 5) is 24.1. The molecule has 7 nitrogen and oxygen atoms in total. The second kappa shape index (κ2) is 9.23. The predicted molar refractivity (Wildman–Crippen MR) is 105 cm³/mol. The third kappa shape index (κ3) is 5.86. The topological polar surface area (TPSA) is 118 Å². The number of carbonyl (C=O) groups excluding carboxylic acids is 2. The fourth-order valence-corrected chi connectivity index (χ4v) is 3.73. The Morgan fingerprint density at radius 3 is 2.41 bits per heavy atom. The largest absolute Gasteiger partial charge is 0.369 e. The van der Waals surface area contributed by atoms with Gasteiger partial charge in [0.1, 0.15) is 0 Å². The number of carbonyl (C=O) groups is 2. The third-order valence-corrected chi connectivity index (χ3v) is 5.81. The number of nitrogens with two attached hydrogens (primary N) is 1. The molecule has 140 valence electrons. The van der Waals surface area contributed by atoms with Gasteiger partial charge in [0, 0.05) is 10.5 Å². The highest BCUT2D eigenvalue weighted by atomic mass is 32.2. The van der Waals surface area contributed by atoms with Crippen LogP contribution in [0.4, 0.5) is 5.69 Å². The first-order chi connectivity index (χ1) is 12.8. The molecule has 0 fully saturated rings. The number of terminal acetylenes is 1. The maximum Gasteiger partial charge on any atom is 0.255 e. The molecule has 0 aromatic heterocycles. The number of para-hydroxylation sites is 1. The lowest BCUT2D eigenvalue weighted by atomic mass is 10.2. The van der Waals surface area contributed by atoms with E-state index in [0.717, 1.165) is 0 Å². The van der Waals surface area contributed by atoms with Crippen LogP contribution in [0, 0.1) is 12.3 Å². The summed E-state index contributed by atoms with van der Waals surface area (Å²) < 4.78 is 26.2. The van der Waals surface area contributed by atoms with Crippen molar-refractivity contribution in [3.63, 3.8) is 0 Å². The molecule has 0 heterocycles. The van der Waals surface area contributed by atoms with E-state index in [0.29, 0.717) is 10.6 Å². The van der Waals surface area contributed by atoms with Gasteiger partial charge in [-0.1, -0.05) is 18.1 Å². The van der Waals surface area contributed by atoms with E-state index in [1.807, 2.05) is 0 Å². The zero-order valence-electron chi connectivity index (χ0n) is 14.1. The molecule has 2 aromatic carbocycles. The fraction of sp³-hybridized carbons (Fsp3) is 0.111. The Hall–Kier alpha value is -2.80. The van der Waals surface area contributed by atoms with Crippen LogP contribution >= 0.6 is 11.8 Å². The minimum absolute atomic E-state index is 0.00622. The smallest absolute Gasteiger partial charge is 0.255 e. The van der Waals surface area contributed by atoms with Crippen molar-refractivity contribution < 1.29 is 18.0 Å². The Kier molecular flexibility index (Phi) is 7.01. The summed E-state index contributed by atoms with van der Waals surface area (Å²) in [6, 6.07) is 12.4. The maximum atomic E-state index is 12.4. The number of rotatable bonds is 8. The molecular weight excluding hydrogens is 386 g/mol. The molecule has 0 aliphatic rings. The van der Waals surface area contributed by atoms with Crippen LogP contribution in [-0.2, 0) is 14.8 Å². The zero-order chi connectivity index (χ0) is 19.9. The van der Waals surface area contributed by atoms with Gasteiger partial charge < -0.3 is 11.1 Å². The second-order valence-corrected chi connectivity index (χ2v) is 8.04. The fourth-order valence-electron chi connectivity index (χ4n) is 2.04. The summed E-state index contributed by atoms with van der Waals surface area (Å²) in [6.07, 6.45) is 5.04. The lowest BCUT2D eigenvalue weighted by Gasteiger charge is -2.10. The van der Waals surface area contributed by atoms with Gasteiger partial charge >= 0.3 is 0 Å². The quantitative estimate of drug-likeness (QED) is 0.455. The van der Waals surface area contributed by atoms with E-state index in [9.17, 15) is 18.0 Å². The first-order valence-electron chi connectivity index (χ1n) is 7.68. The van der Waals surface area contributed by atoms with Gasteiger partial charge in [0.25, 0.3) is 5.91 Å². The molecule has 2 aromatic rings. The minimum atomic E-state index is -3.72. The number of amides is 2. The van der Waals surface area contributed by atoms with Crippen LogP contribution in [0.3, 0.4) is 0 Å². The lowest BCUT2D eigenvalue weighted by Crippen LogP contribution is -2.24. The van der Waals surface area contributed by atoms with E-state index in [1.54, 1.807) is 24.3 Å². The highest BCUT2D eigenvalue weighted by molar-refractivity contribution is 8.00. The SMILES string of the molecule is C#CCNS(=O)(=O)c1ccc(C(=O)Nc2ccccc2SCC(N)=O)cc1. The van der Waals surface area contributed by atoms with Crippen molar-refractivity contribution in [2.75, 3.05) is 17.6 Å². The molecule has 0 aliphatic carbocycles. The summed E-state index contributed by atoms with van der Waals surface area (Å²) in [5, 5.41) is 2.74. The van der Waals surface area contributed by atoms with E-state index in [1.165, 1.54) is 36.0 Å². The first kappa shape index (κ1) is 20.5. The summed E-state index contributed by atoms with van der Waals surface area (Å²) in [7, 11) is -3.72. The van der Waals surface area contributed by atoms with Gasteiger partial charge in [-0.25, -0.2) is 8.42 Å². The van der Waals surface area contributed by atoms with Gasteiger partial charge in [-0.3, -0.25) is 9.59 Å². The molecule has 0 spiro atoms. The van der Waals surface area contributed by atoms with Crippen molar-refractivity contribution in [3.8, 4) is 12.3 Å². The highest BCUT2D eigenvalue weighted by Crippen LogP contribution is 2.27. The monoisotopic (exact) mass is 403 g/mol. The van der Waals surface area contributed by atoms with Crippen molar-refractivity contribution in [1.29, 1.82) is 0 Å². The van der Waals surface area contributed by atoms with Gasteiger partial charge in [-0.05, 0) is 36.4 Å². The van der Waals surface area contributed by atoms with E-state index in [-0.39, 0.29) is 22.8 Å². The summed E-state index contributed by atoms with van der Waals surface area (Å²) in [5.41, 5.74) is 5.96. The van der Waals surface area contributed by atoms with Crippen LogP contribution in [0.2, 0.25) is 0 Å². The Morgan fingerprint density at radius 1 is 1.11 bits per heavy atom. The normalized spacial score (nSPS) is 10.8. The zero-order valence-corrected chi connectivity index (χ0v) is 15.8. The number of hydrogen-bond donors (Lipinski definition) is 3. The van der Waals surface area contributed by atoms with Crippen molar-refractivity contribution in [3.05, 3.63) is 54.1 Å². The Morgan fingerprint density at radius 2 is 1.78 bits per heavy atom. The van der Waals surface area contributed by atoms with Crippen LogP contribution in [-0.4, -0.2) is 32.5 Å². The molecular formula is C18H17N3O4S2. The van der Waals surface area contributed by atoms with Crippen molar-refractivity contribution in [1.82, 2.24) is 4.72 Å². The summed E-state index contributed by atoms with van der Waals surface area (Å²) in [5.74, 6) is 1.40. The summed E-state index contributed by atoms with van der Waals surface area (Å²) in [6.45, 7) is -0.121. The van der Waals surface area contributed by atoms with Crippen LogP contribution in [0.1, 0.15) is 10.4 Å². The average molecular weight is 403 g/mol. The molecule has 0 saturated carbocycles. The molecule has 9 heteroatoms. The minimum Gasteiger partial charge on any atom is -0.369 e. The second-order valence-electron chi connectivity index (χ2n) is 5.26. The van der Waals surface area contributed by atoms with Crippen LogP contribution in [0.5, 0.6) is 0 Å². The summed E-state index contributed by atoms with van der Waals surface area (Å²) >= 11 is 1.21. The van der Waals surface area contributed by atoms with Gasteiger partial charge in [0.2, 0.25) is 15.9 Å². The number of anilines is 1. The number of sulfonamides is 1. The van der Waals surface area contributed by atoms with Gasteiger partial charge in [-0.15, -0.1) is 18.2 Å². The molecule has 4 N–H and O–H groups in total. The van der Waals surface area contributed by atoms with E-state index in [4.69, 9.17) is 12.2 Å². The number of primary amides is 1. The molecule has 2 amide bonds. The van der Waals surface area contributed by atoms with E-state index >= 15 is 0 Å². The molecule has 0 radical (unpaired) electrons. The van der Waals surface area contributed by atoms with Gasteiger partial charge in [-0.2, -0.15) is 4.72 Å². The maximum absolute atomic E-state index is 12.4. The molecule has 0 unspecified atom stereocenters. The first-order valence-corrected chi connectivity index (χ1v) is 10.1. The molecule has 0 aliphatic heterocycles. The Balaban J connectivity index is 2.13. The molecule has 0 atom stereocenters. The molecule has 0 bridgehead atoms. The predicted octanol–water partition coefficient (Wildman–Crippen LogP) is 1.43. The van der Waals surface area contributed by atoms with Crippen LogP contribution in [0.15, 0.2) is 58.3 Å². The average Bonchev–Trinajstić information content (AvgIpc) is 2.65.